The maximum absolute atomic E-state index is 9.71. The fourth-order valence-electron chi connectivity index (χ4n) is 2.54. The molecule has 4 aromatic rings. The van der Waals surface area contributed by atoms with E-state index in [0.717, 1.165) is 21.8 Å². The second-order valence-corrected chi connectivity index (χ2v) is 6.71. The summed E-state index contributed by atoms with van der Waals surface area (Å²) >= 11 is 1.68. The third-order valence-electron chi connectivity index (χ3n) is 3.89. The first kappa shape index (κ1) is 22.2. The highest BCUT2D eigenvalue weighted by Gasteiger charge is 2.07. The standard InChI is InChI=1S/C20H15N3OS.2C2H6/c1-13-5-4-8-18-19(13)21-20(25-18)14-9-11-15(12-10-14)22-23-16-6-2-3-7-17(16)24;2*1-2/h2-12,24H,1H3;2*1-2H3. The fraction of sp³-hybridized carbons (Fsp3) is 0.208. The topological polar surface area (TPSA) is 57.8 Å². The second-order valence-electron chi connectivity index (χ2n) is 5.68. The van der Waals surface area contributed by atoms with Crippen LogP contribution in [0, 0.1) is 6.92 Å². The third kappa shape index (κ3) is 5.48. The Labute approximate surface area is 176 Å². The number of aromatic nitrogens is 1. The number of aryl methyl sites for hydroxylation is 1. The average molecular weight is 406 g/mol. The van der Waals surface area contributed by atoms with Crippen molar-refractivity contribution in [2.24, 2.45) is 10.2 Å². The Hall–Kier alpha value is -3.05. The van der Waals surface area contributed by atoms with Crippen LogP contribution in [0.3, 0.4) is 0 Å². The van der Waals surface area contributed by atoms with Crippen molar-refractivity contribution in [3.05, 3.63) is 72.3 Å². The van der Waals surface area contributed by atoms with Crippen LogP contribution in [0.15, 0.2) is 77.0 Å². The lowest BCUT2D eigenvalue weighted by Crippen LogP contribution is -1.77. The molecule has 0 fully saturated rings. The van der Waals surface area contributed by atoms with Gasteiger partial charge in [-0.3, -0.25) is 0 Å². The first-order valence-electron chi connectivity index (χ1n) is 9.87. The molecule has 4 rings (SSSR count). The minimum absolute atomic E-state index is 0.118. The van der Waals surface area contributed by atoms with Gasteiger partial charge >= 0.3 is 0 Å². The van der Waals surface area contributed by atoms with E-state index in [9.17, 15) is 5.11 Å². The zero-order valence-corrected chi connectivity index (χ0v) is 18.4. The molecule has 150 valence electrons. The fourth-order valence-corrected chi connectivity index (χ4v) is 3.59. The summed E-state index contributed by atoms with van der Waals surface area (Å²) in [6.45, 7) is 10.1. The lowest BCUT2D eigenvalue weighted by Gasteiger charge is -1.98. The number of para-hydroxylation sites is 2. The van der Waals surface area contributed by atoms with Crippen molar-refractivity contribution in [2.75, 3.05) is 0 Å². The Kier molecular flexibility index (Phi) is 8.49. The van der Waals surface area contributed by atoms with Crippen molar-refractivity contribution in [2.45, 2.75) is 34.6 Å². The predicted molar refractivity (Wildman–Crippen MR) is 125 cm³/mol. The van der Waals surface area contributed by atoms with Crippen LogP contribution >= 0.6 is 11.3 Å². The van der Waals surface area contributed by atoms with Crippen LogP contribution in [0.1, 0.15) is 33.3 Å². The van der Waals surface area contributed by atoms with Gasteiger partial charge < -0.3 is 5.11 Å². The molecule has 5 heteroatoms. The summed E-state index contributed by atoms with van der Waals surface area (Å²) < 4.78 is 1.19. The van der Waals surface area contributed by atoms with Gasteiger partial charge in [-0.15, -0.1) is 16.5 Å². The van der Waals surface area contributed by atoms with Crippen LogP contribution in [0.2, 0.25) is 0 Å². The van der Waals surface area contributed by atoms with E-state index in [-0.39, 0.29) is 5.75 Å². The van der Waals surface area contributed by atoms with E-state index in [2.05, 4.69) is 35.4 Å². The number of rotatable bonds is 3. The lowest BCUT2D eigenvalue weighted by molar-refractivity contribution is 0.476. The number of thiazole rings is 1. The number of hydrogen-bond acceptors (Lipinski definition) is 5. The van der Waals surface area contributed by atoms with E-state index in [1.807, 2.05) is 58.0 Å². The molecule has 0 saturated heterocycles. The van der Waals surface area contributed by atoms with E-state index in [0.29, 0.717) is 5.69 Å². The average Bonchev–Trinajstić information content (AvgIpc) is 3.22. The second kappa shape index (κ2) is 11.1. The number of phenolic OH excluding ortho intramolecular Hbond substituents is 1. The Balaban J connectivity index is 0.000000707. The van der Waals surface area contributed by atoms with Gasteiger partial charge in [0.25, 0.3) is 0 Å². The zero-order valence-electron chi connectivity index (χ0n) is 17.5. The van der Waals surface area contributed by atoms with E-state index in [4.69, 9.17) is 4.98 Å². The Morgan fingerprint density at radius 1 is 0.793 bits per heavy atom. The minimum atomic E-state index is 0.118. The number of benzene rings is 3. The predicted octanol–water partition coefficient (Wildman–Crippen LogP) is 8.45. The molecule has 1 aromatic heterocycles. The molecule has 29 heavy (non-hydrogen) atoms. The van der Waals surface area contributed by atoms with Crippen LogP contribution in [0.4, 0.5) is 11.4 Å². The first-order chi connectivity index (χ1) is 14.2. The molecular formula is C24H27N3OS. The third-order valence-corrected chi connectivity index (χ3v) is 4.96. The van der Waals surface area contributed by atoms with Crippen molar-refractivity contribution in [1.29, 1.82) is 0 Å². The van der Waals surface area contributed by atoms with Gasteiger partial charge in [-0.25, -0.2) is 4.98 Å². The van der Waals surface area contributed by atoms with Gasteiger partial charge in [-0.1, -0.05) is 52.0 Å². The van der Waals surface area contributed by atoms with Gasteiger partial charge in [-0.2, -0.15) is 5.11 Å². The van der Waals surface area contributed by atoms with Crippen LogP contribution in [0.5, 0.6) is 5.75 Å². The van der Waals surface area contributed by atoms with Gasteiger partial charge in [0.15, 0.2) is 0 Å². The highest BCUT2D eigenvalue weighted by atomic mass is 32.1. The minimum Gasteiger partial charge on any atom is -0.506 e. The molecule has 0 aliphatic heterocycles. The van der Waals surface area contributed by atoms with Gasteiger partial charge in [-0.05, 0) is 55.0 Å². The van der Waals surface area contributed by atoms with Crippen LogP contribution in [-0.2, 0) is 0 Å². The molecule has 4 nitrogen and oxygen atoms in total. The largest absolute Gasteiger partial charge is 0.506 e. The van der Waals surface area contributed by atoms with Crippen molar-refractivity contribution >= 4 is 32.9 Å². The monoisotopic (exact) mass is 405 g/mol. The molecule has 0 aliphatic rings. The summed E-state index contributed by atoms with van der Waals surface area (Å²) in [5.41, 5.74) is 4.48. The first-order valence-corrected chi connectivity index (χ1v) is 10.7. The van der Waals surface area contributed by atoms with E-state index in [1.165, 1.54) is 10.3 Å². The van der Waals surface area contributed by atoms with Gasteiger partial charge in [0.2, 0.25) is 0 Å². The molecule has 0 radical (unpaired) electrons. The van der Waals surface area contributed by atoms with Crippen LogP contribution in [-0.4, -0.2) is 10.1 Å². The summed E-state index contributed by atoms with van der Waals surface area (Å²) in [6, 6.07) is 20.9. The summed E-state index contributed by atoms with van der Waals surface area (Å²) in [6.07, 6.45) is 0. The smallest absolute Gasteiger partial charge is 0.143 e. The quantitative estimate of drug-likeness (QED) is 0.348. The number of fused-ring (bicyclic) bond motifs is 1. The maximum atomic E-state index is 9.71. The molecule has 1 heterocycles. The summed E-state index contributed by atoms with van der Waals surface area (Å²) in [7, 11) is 0. The van der Waals surface area contributed by atoms with Crippen molar-refractivity contribution in [3.8, 4) is 16.3 Å². The molecule has 3 aromatic carbocycles. The molecule has 0 spiro atoms. The van der Waals surface area contributed by atoms with Gasteiger partial charge in [0.05, 0.1) is 15.9 Å². The van der Waals surface area contributed by atoms with Crippen LogP contribution < -0.4 is 0 Å². The van der Waals surface area contributed by atoms with E-state index < -0.39 is 0 Å². The van der Waals surface area contributed by atoms with E-state index >= 15 is 0 Å². The molecule has 0 bridgehead atoms. The molecular weight excluding hydrogens is 378 g/mol. The number of aromatic hydroxyl groups is 1. The Morgan fingerprint density at radius 3 is 2.14 bits per heavy atom. The number of azo groups is 1. The SMILES string of the molecule is CC.CC.Cc1cccc2sc(-c3ccc(N=Nc4ccccc4O)cc3)nc12. The number of hydrogen-bond donors (Lipinski definition) is 1. The molecule has 0 aliphatic carbocycles. The number of nitrogens with zero attached hydrogens (tertiary/aromatic N) is 3. The van der Waals surface area contributed by atoms with Crippen LogP contribution in [0.25, 0.3) is 20.8 Å². The highest BCUT2D eigenvalue weighted by Crippen LogP contribution is 2.33. The molecule has 0 saturated carbocycles. The maximum Gasteiger partial charge on any atom is 0.143 e. The van der Waals surface area contributed by atoms with Crippen molar-refractivity contribution in [3.63, 3.8) is 0 Å². The summed E-state index contributed by atoms with van der Waals surface area (Å²) in [5.74, 6) is 0.118. The summed E-state index contributed by atoms with van der Waals surface area (Å²) in [5, 5.41) is 19.0. The Bertz CT molecular complexity index is 1070. The molecule has 1 N–H and O–H groups in total. The molecule has 0 atom stereocenters. The lowest BCUT2D eigenvalue weighted by atomic mass is 10.2. The van der Waals surface area contributed by atoms with Crippen molar-refractivity contribution < 1.29 is 5.11 Å². The summed E-state index contributed by atoms with van der Waals surface area (Å²) in [4.78, 5) is 4.75. The number of phenols is 1. The van der Waals surface area contributed by atoms with Gasteiger partial charge in [0, 0.05) is 5.56 Å². The van der Waals surface area contributed by atoms with Crippen molar-refractivity contribution in [1.82, 2.24) is 4.98 Å². The zero-order chi connectivity index (χ0) is 21.2. The van der Waals surface area contributed by atoms with Gasteiger partial charge in [0.1, 0.15) is 16.4 Å². The molecule has 0 unspecified atom stereocenters. The Morgan fingerprint density at radius 2 is 1.48 bits per heavy atom. The highest BCUT2D eigenvalue weighted by molar-refractivity contribution is 7.21. The molecule has 0 amide bonds. The normalized spacial score (nSPS) is 10.2. The van der Waals surface area contributed by atoms with E-state index in [1.54, 1.807) is 29.5 Å².